The summed E-state index contributed by atoms with van der Waals surface area (Å²) in [5.41, 5.74) is 1.39. The van der Waals surface area contributed by atoms with Crippen LogP contribution < -0.4 is 9.47 Å². The lowest BCUT2D eigenvalue weighted by Gasteiger charge is -2.46. The molecule has 0 N–H and O–H groups in total. The first-order valence-electron chi connectivity index (χ1n) is 20.0. The molecule has 56 heavy (non-hydrogen) atoms. The summed E-state index contributed by atoms with van der Waals surface area (Å²) < 4.78 is 37.7. The third-order valence-corrected chi connectivity index (χ3v) is 12.7. The number of ether oxygens (including phenoxy) is 2. The van der Waals surface area contributed by atoms with Crippen molar-refractivity contribution in [2.24, 2.45) is 11.8 Å². The zero-order valence-corrected chi connectivity index (χ0v) is 33.3. The molecule has 4 aromatic carbocycles. The molecule has 0 unspecified atom stereocenters. The highest BCUT2D eigenvalue weighted by Gasteiger charge is 2.49. The number of carbonyl (C=O) groups is 2. The van der Waals surface area contributed by atoms with Gasteiger partial charge in [-0.05, 0) is 135 Å². The highest BCUT2D eigenvalue weighted by molar-refractivity contribution is 6.30. The molecule has 4 aromatic rings. The predicted molar refractivity (Wildman–Crippen MR) is 216 cm³/mol. The number of benzene rings is 4. The molecule has 0 aromatic heterocycles. The van der Waals surface area contributed by atoms with Crippen LogP contribution in [0, 0.1) is 23.5 Å². The molecule has 2 aliphatic carbocycles. The van der Waals surface area contributed by atoms with Crippen LogP contribution in [0.5, 0.6) is 11.5 Å². The van der Waals surface area contributed by atoms with Gasteiger partial charge in [-0.15, -0.1) is 0 Å². The minimum Gasteiger partial charge on any atom is -0.493 e. The number of rotatable bonds is 10. The second-order valence-electron chi connectivity index (χ2n) is 15.9. The van der Waals surface area contributed by atoms with Gasteiger partial charge in [-0.2, -0.15) is 0 Å². The van der Waals surface area contributed by atoms with Gasteiger partial charge in [0.2, 0.25) is 11.8 Å². The Morgan fingerprint density at radius 2 is 0.911 bits per heavy atom. The highest BCUT2D eigenvalue weighted by atomic mass is 35.5. The summed E-state index contributed by atoms with van der Waals surface area (Å²) in [5.74, 6) is 1.88. The maximum absolute atomic E-state index is 13.5. The Balaban J connectivity index is 0.000000172. The number of hydrogen-bond donors (Lipinski definition) is 0. The number of carbonyl (C=O) groups excluding carboxylic acids is 2. The molecule has 2 saturated heterocycles. The number of piperidine rings is 2. The summed E-state index contributed by atoms with van der Waals surface area (Å²) in [5, 5.41) is 1.39. The zero-order valence-electron chi connectivity index (χ0n) is 31.7. The summed E-state index contributed by atoms with van der Waals surface area (Å²) in [7, 11) is 0. The second kappa shape index (κ2) is 18.0. The zero-order chi connectivity index (χ0) is 39.1. The Labute approximate surface area is 339 Å². The molecule has 10 heteroatoms. The molecule has 2 heterocycles. The normalized spacial score (nSPS) is 21.1. The maximum Gasteiger partial charge on any atom is 0.233 e. The standard InChI is InChI=1S/2C23H25ClFNO2/c2*24-19-6-4-18(5-7-19)23(12-2-13-23)22(27)26-14-1-3-17(15-26)16-28-21-10-8-20(25)9-11-21/h2*4-11,17H,1-3,12-16H2/t2*17-/m11/s1. The molecular formula is C46H50Cl2F2N2O4. The van der Waals surface area contributed by atoms with Crippen molar-refractivity contribution in [1.82, 2.24) is 9.80 Å². The van der Waals surface area contributed by atoms with E-state index < -0.39 is 0 Å². The van der Waals surface area contributed by atoms with Gasteiger partial charge in [-0.25, -0.2) is 8.78 Å². The largest absolute Gasteiger partial charge is 0.493 e. The van der Waals surface area contributed by atoms with Crippen molar-refractivity contribution in [3.8, 4) is 11.5 Å². The van der Waals surface area contributed by atoms with Crippen LogP contribution in [-0.2, 0) is 20.4 Å². The summed E-state index contributed by atoms with van der Waals surface area (Å²) in [4.78, 5) is 31.0. The van der Waals surface area contributed by atoms with Crippen molar-refractivity contribution >= 4 is 35.0 Å². The Kier molecular flexibility index (Phi) is 12.9. The summed E-state index contributed by atoms with van der Waals surface area (Å²) >= 11 is 12.1. The van der Waals surface area contributed by atoms with Crippen molar-refractivity contribution in [2.45, 2.75) is 75.0 Å². The average molecular weight is 804 g/mol. The van der Waals surface area contributed by atoms with Crippen molar-refractivity contribution in [3.63, 3.8) is 0 Å². The van der Waals surface area contributed by atoms with Gasteiger partial charge in [0.25, 0.3) is 0 Å². The molecule has 296 valence electrons. The summed E-state index contributed by atoms with van der Waals surface area (Å²) in [6.07, 6.45) is 9.83. The van der Waals surface area contributed by atoms with Crippen molar-refractivity contribution in [1.29, 1.82) is 0 Å². The maximum atomic E-state index is 13.5. The van der Waals surface area contributed by atoms with Crippen LogP contribution >= 0.6 is 23.2 Å². The molecule has 8 rings (SSSR count). The van der Waals surface area contributed by atoms with Gasteiger partial charge >= 0.3 is 0 Å². The number of nitrogens with zero attached hydrogens (tertiary/aromatic N) is 2. The van der Waals surface area contributed by atoms with Gasteiger partial charge in [0.1, 0.15) is 23.1 Å². The number of halogens is 4. The Bertz CT molecular complexity index is 1780. The van der Waals surface area contributed by atoms with E-state index in [1.165, 1.54) is 24.3 Å². The second-order valence-corrected chi connectivity index (χ2v) is 16.8. The molecule has 2 amide bonds. The van der Waals surface area contributed by atoms with Crippen molar-refractivity contribution in [2.75, 3.05) is 39.4 Å². The topological polar surface area (TPSA) is 59.1 Å². The highest BCUT2D eigenvalue weighted by Crippen LogP contribution is 2.47. The van der Waals surface area contributed by atoms with Crippen molar-refractivity contribution < 1.29 is 27.8 Å². The van der Waals surface area contributed by atoms with Crippen LogP contribution in [0.2, 0.25) is 10.0 Å². The Morgan fingerprint density at radius 1 is 0.554 bits per heavy atom. The summed E-state index contributed by atoms with van der Waals surface area (Å²) in [6.45, 7) is 4.14. The lowest BCUT2D eigenvalue weighted by atomic mass is 9.63. The molecule has 6 nitrogen and oxygen atoms in total. The van der Waals surface area contributed by atoms with Crippen LogP contribution in [-0.4, -0.2) is 61.0 Å². The first-order chi connectivity index (χ1) is 27.1. The first-order valence-corrected chi connectivity index (χ1v) is 20.8. The molecule has 4 aliphatic rings. The van der Waals surface area contributed by atoms with Gasteiger partial charge in [0.05, 0.1) is 24.0 Å². The van der Waals surface area contributed by atoms with Crippen molar-refractivity contribution in [3.05, 3.63) is 130 Å². The minimum absolute atomic E-state index is 0.243. The molecule has 2 aliphatic heterocycles. The lowest BCUT2D eigenvalue weighted by Crippen LogP contribution is -2.54. The van der Waals surface area contributed by atoms with Crippen LogP contribution in [0.3, 0.4) is 0 Å². The molecule has 0 radical (unpaired) electrons. The Hall–Kier alpha value is -4.14. The van der Waals surface area contributed by atoms with Crippen LogP contribution in [0.25, 0.3) is 0 Å². The Morgan fingerprint density at radius 3 is 1.23 bits per heavy atom. The van der Waals surface area contributed by atoms with E-state index in [9.17, 15) is 18.4 Å². The lowest BCUT2D eigenvalue weighted by molar-refractivity contribution is -0.143. The van der Waals surface area contributed by atoms with Crippen LogP contribution in [0.1, 0.15) is 75.3 Å². The summed E-state index contributed by atoms with van der Waals surface area (Å²) in [6, 6.07) is 27.7. The van der Waals surface area contributed by atoms with E-state index in [-0.39, 0.29) is 34.3 Å². The molecular weight excluding hydrogens is 753 g/mol. The fraction of sp³-hybridized carbons (Fsp3) is 0.435. The van der Waals surface area contributed by atoms with E-state index in [4.69, 9.17) is 32.7 Å². The van der Waals surface area contributed by atoms with E-state index >= 15 is 0 Å². The average Bonchev–Trinajstić information content (AvgIpc) is 3.18. The van der Waals surface area contributed by atoms with E-state index in [0.29, 0.717) is 46.6 Å². The molecule has 2 saturated carbocycles. The van der Waals surface area contributed by atoms with E-state index in [0.717, 1.165) is 102 Å². The molecule has 2 atom stereocenters. The number of likely N-dealkylation sites (tertiary alicyclic amines) is 2. The fourth-order valence-corrected chi connectivity index (χ4v) is 8.97. The first kappa shape index (κ1) is 40.1. The van der Waals surface area contributed by atoms with E-state index in [1.54, 1.807) is 24.3 Å². The van der Waals surface area contributed by atoms with Gasteiger partial charge in [0, 0.05) is 48.1 Å². The monoisotopic (exact) mass is 802 g/mol. The third kappa shape index (κ3) is 9.18. The minimum atomic E-state index is -0.385. The smallest absolute Gasteiger partial charge is 0.233 e. The van der Waals surface area contributed by atoms with Crippen LogP contribution in [0.4, 0.5) is 8.78 Å². The predicted octanol–water partition coefficient (Wildman–Crippen LogP) is 10.4. The van der Waals surface area contributed by atoms with Gasteiger partial charge in [-0.1, -0.05) is 60.3 Å². The fourth-order valence-electron chi connectivity index (χ4n) is 8.72. The number of amides is 2. The van der Waals surface area contributed by atoms with Gasteiger partial charge in [0.15, 0.2) is 0 Å². The number of hydrogen-bond acceptors (Lipinski definition) is 4. The SMILES string of the molecule is O=C(N1CCC[C@@H](COc2ccc(F)cc2)C1)C1(c2ccc(Cl)cc2)CCC1.O=C(N1CCC[C@@H](COc2ccc(F)cc2)C1)C1(c2ccc(Cl)cc2)CCC1. The molecule has 0 bridgehead atoms. The molecule has 4 fully saturated rings. The molecule has 0 spiro atoms. The quantitative estimate of drug-likeness (QED) is 0.160. The van der Waals surface area contributed by atoms with E-state index in [2.05, 4.69) is 0 Å². The van der Waals surface area contributed by atoms with Gasteiger partial charge in [-0.3, -0.25) is 9.59 Å². The third-order valence-electron chi connectivity index (χ3n) is 12.2. The van der Waals surface area contributed by atoms with Gasteiger partial charge < -0.3 is 19.3 Å². The van der Waals surface area contributed by atoms with Crippen LogP contribution in [0.15, 0.2) is 97.1 Å². The van der Waals surface area contributed by atoms with E-state index in [1.807, 2.05) is 58.3 Å².